The van der Waals surface area contributed by atoms with E-state index in [0.29, 0.717) is 12.5 Å². The van der Waals surface area contributed by atoms with Crippen LogP contribution in [-0.4, -0.2) is 25.0 Å². The molecule has 0 spiro atoms. The molecule has 3 nitrogen and oxygen atoms in total. The minimum Gasteiger partial charge on any atom is -0.352 e. The van der Waals surface area contributed by atoms with Crippen LogP contribution in [-0.2, 0) is 17.6 Å². The number of nitrogens with one attached hydrogen (secondary N) is 2. The van der Waals surface area contributed by atoms with Crippen molar-refractivity contribution in [3.8, 4) is 0 Å². The highest BCUT2D eigenvalue weighted by molar-refractivity contribution is 5.85. The lowest BCUT2D eigenvalue weighted by Gasteiger charge is -2.23. The molecule has 0 saturated carbocycles. The first-order valence-corrected chi connectivity index (χ1v) is 7.86. The predicted octanol–water partition coefficient (Wildman–Crippen LogP) is 2.86. The Labute approximate surface area is 134 Å². The molecule has 1 atom stereocenters. The maximum Gasteiger partial charge on any atom is 0.224 e. The molecule has 2 N–H and O–H groups in total. The topological polar surface area (TPSA) is 41.1 Å². The van der Waals surface area contributed by atoms with Crippen molar-refractivity contribution < 1.29 is 4.79 Å². The van der Waals surface area contributed by atoms with Crippen molar-refractivity contribution in [2.75, 3.05) is 13.1 Å². The van der Waals surface area contributed by atoms with Crippen LogP contribution >= 0.6 is 12.4 Å². The van der Waals surface area contributed by atoms with Gasteiger partial charge in [-0.1, -0.05) is 37.6 Å². The lowest BCUT2D eigenvalue weighted by molar-refractivity contribution is -0.121. The van der Waals surface area contributed by atoms with E-state index in [0.717, 1.165) is 37.9 Å². The highest BCUT2D eigenvalue weighted by Crippen LogP contribution is 2.09. The lowest BCUT2D eigenvalue weighted by atomic mass is 10.0. The van der Waals surface area contributed by atoms with Gasteiger partial charge in [-0.3, -0.25) is 4.79 Å². The predicted molar refractivity (Wildman–Crippen MR) is 90.0 cm³/mol. The molecular weight excluding hydrogens is 284 g/mol. The van der Waals surface area contributed by atoms with Gasteiger partial charge in [0.15, 0.2) is 0 Å². The quantitative estimate of drug-likeness (QED) is 0.848. The Morgan fingerprint density at radius 3 is 2.62 bits per heavy atom. The van der Waals surface area contributed by atoms with E-state index in [1.165, 1.54) is 18.4 Å². The Balaban J connectivity index is 0.00000220. The second-order valence-corrected chi connectivity index (χ2v) is 5.71. The lowest BCUT2D eigenvalue weighted by Crippen LogP contribution is -2.46. The number of unbranched alkanes of at least 4 members (excludes halogenated alkanes) is 1. The maximum absolute atomic E-state index is 12.0. The van der Waals surface area contributed by atoms with Crippen molar-refractivity contribution in [3.05, 3.63) is 35.4 Å². The molecule has 1 aromatic rings. The fourth-order valence-corrected chi connectivity index (χ4v) is 2.64. The van der Waals surface area contributed by atoms with Gasteiger partial charge in [-0.15, -0.1) is 12.4 Å². The molecule has 1 amide bonds. The highest BCUT2D eigenvalue weighted by atomic mass is 35.5. The monoisotopic (exact) mass is 310 g/mol. The molecule has 118 valence electrons. The summed E-state index contributed by atoms with van der Waals surface area (Å²) in [6.07, 6.45) is 6.32. The summed E-state index contributed by atoms with van der Waals surface area (Å²) in [6.45, 7) is 4.19. The molecule has 1 aliphatic heterocycles. The van der Waals surface area contributed by atoms with Crippen molar-refractivity contribution in [2.45, 2.75) is 51.5 Å². The van der Waals surface area contributed by atoms with Crippen molar-refractivity contribution in [3.63, 3.8) is 0 Å². The molecule has 0 bridgehead atoms. The molecule has 1 aromatic carbocycles. The van der Waals surface area contributed by atoms with Gasteiger partial charge < -0.3 is 10.6 Å². The van der Waals surface area contributed by atoms with Gasteiger partial charge in [-0.05, 0) is 43.4 Å². The summed E-state index contributed by atoms with van der Waals surface area (Å²) in [5, 5.41) is 6.43. The van der Waals surface area contributed by atoms with E-state index in [1.54, 1.807) is 0 Å². The molecule has 1 aliphatic rings. The summed E-state index contributed by atoms with van der Waals surface area (Å²) in [7, 11) is 0. The number of benzene rings is 1. The molecule has 2 rings (SSSR count). The van der Waals surface area contributed by atoms with E-state index >= 15 is 0 Å². The van der Waals surface area contributed by atoms with Gasteiger partial charge in [-0.2, -0.15) is 0 Å². The number of amides is 1. The van der Waals surface area contributed by atoms with Crippen molar-refractivity contribution in [2.24, 2.45) is 0 Å². The van der Waals surface area contributed by atoms with Crippen LogP contribution in [0.3, 0.4) is 0 Å². The minimum absolute atomic E-state index is 0. The molecule has 0 aromatic heterocycles. The van der Waals surface area contributed by atoms with Crippen LogP contribution in [0.2, 0.25) is 0 Å². The number of carbonyl (C=O) groups is 1. The first-order valence-electron chi connectivity index (χ1n) is 7.86. The summed E-state index contributed by atoms with van der Waals surface area (Å²) >= 11 is 0. The average Bonchev–Trinajstić information content (AvgIpc) is 2.47. The SMILES string of the molecule is CCCCc1ccc(CC(=O)NC2CCCNC2)cc1.Cl. The van der Waals surface area contributed by atoms with Gasteiger partial charge in [0, 0.05) is 12.6 Å². The molecule has 0 radical (unpaired) electrons. The smallest absolute Gasteiger partial charge is 0.224 e. The van der Waals surface area contributed by atoms with E-state index in [-0.39, 0.29) is 18.3 Å². The van der Waals surface area contributed by atoms with E-state index in [9.17, 15) is 4.79 Å². The molecule has 1 saturated heterocycles. The number of hydrogen-bond donors (Lipinski definition) is 2. The van der Waals surface area contributed by atoms with Gasteiger partial charge in [0.05, 0.1) is 6.42 Å². The Morgan fingerprint density at radius 2 is 2.00 bits per heavy atom. The van der Waals surface area contributed by atoms with E-state index in [4.69, 9.17) is 0 Å². The Morgan fingerprint density at radius 1 is 1.29 bits per heavy atom. The van der Waals surface area contributed by atoms with Gasteiger partial charge in [0.25, 0.3) is 0 Å². The summed E-state index contributed by atoms with van der Waals surface area (Å²) in [5.74, 6) is 0.139. The Kier molecular flexibility index (Phi) is 8.40. The molecular formula is C17H27ClN2O. The number of carbonyl (C=O) groups excluding carboxylic acids is 1. The first-order chi connectivity index (χ1) is 9.78. The average molecular weight is 311 g/mol. The summed E-state index contributed by atoms with van der Waals surface area (Å²) in [6, 6.07) is 8.79. The van der Waals surface area contributed by atoms with E-state index < -0.39 is 0 Å². The van der Waals surface area contributed by atoms with Gasteiger partial charge in [0.2, 0.25) is 5.91 Å². The fraction of sp³-hybridized carbons (Fsp3) is 0.588. The summed E-state index contributed by atoms with van der Waals surface area (Å²) in [5.41, 5.74) is 2.47. The van der Waals surface area contributed by atoms with Crippen molar-refractivity contribution in [1.29, 1.82) is 0 Å². The number of rotatable bonds is 6. The maximum atomic E-state index is 12.0. The third-order valence-electron chi connectivity index (χ3n) is 3.87. The normalized spacial score (nSPS) is 17.9. The number of hydrogen-bond acceptors (Lipinski definition) is 2. The number of halogens is 1. The molecule has 4 heteroatoms. The van der Waals surface area contributed by atoms with Crippen LogP contribution in [0.1, 0.15) is 43.7 Å². The Bertz CT molecular complexity index is 413. The molecule has 1 heterocycles. The third kappa shape index (κ3) is 6.49. The van der Waals surface area contributed by atoms with Crippen LogP contribution in [0, 0.1) is 0 Å². The van der Waals surface area contributed by atoms with Crippen molar-refractivity contribution >= 4 is 18.3 Å². The van der Waals surface area contributed by atoms with Gasteiger partial charge in [0.1, 0.15) is 0 Å². The molecule has 1 fully saturated rings. The van der Waals surface area contributed by atoms with Crippen molar-refractivity contribution in [1.82, 2.24) is 10.6 Å². The van der Waals surface area contributed by atoms with Gasteiger partial charge >= 0.3 is 0 Å². The second-order valence-electron chi connectivity index (χ2n) is 5.71. The van der Waals surface area contributed by atoms with Crippen LogP contribution < -0.4 is 10.6 Å². The highest BCUT2D eigenvalue weighted by Gasteiger charge is 2.15. The molecule has 0 aliphatic carbocycles. The largest absolute Gasteiger partial charge is 0.352 e. The standard InChI is InChI=1S/C17H26N2O.ClH/c1-2-3-5-14-7-9-15(10-8-14)12-17(20)19-16-6-4-11-18-13-16;/h7-10,16,18H,2-6,11-13H2,1H3,(H,19,20);1H. The zero-order valence-electron chi connectivity index (χ0n) is 12.9. The molecule has 21 heavy (non-hydrogen) atoms. The molecule has 1 unspecified atom stereocenters. The minimum atomic E-state index is 0. The van der Waals surface area contributed by atoms with Gasteiger partial charge in [-0.25, -0.2) is 0 Å². The van der Waals surface area contributed by atoms with Crippen LogP contribution in [0.4, 0.5) is 0 Å². The van der Waals surface area contributed by atoms with Crippen LogP contribution in [0.25, 0.3) is 0 Å². The summed E-state index contributed by atoms with van der Waals surface area (Å²) in [4.78, 5) is 12.0. The zero-order valence-corrected chi connectivity index (χ0v) is 13.7. The zero-order chi connectivity index (χ0) is 14.2. The summed E-state index contributed by atoms with van der Waals surface area (Å²) < 4.78 is 0. The van der Waals surface area contributed by atoms with E-state index in [2.05, 4.69) is 41.8 Å². The Hall–Kier alpha value is -1.06. The van der Waals surface area contributed by atoms with Crippen LogP contribution in [0.5, 0.6) is 0 Å². The van der Waals surface area contributed by atoms with E-state index in [1.807, 2.05) is 0 Å². The van der Waals surface area contributed by atoms with Crippen LogP contribution in [0.15, 0.2) is 24.3 Å². The number of aryl methyl sites for hydroxylation is 1. The fourth-order valence-electron chi connectivity index (χ4n) is 2.64. The number of piperidine rings is 1. The third-order valence-corrected chi connectivity index (χ3v) is 3.87. The second kappa shape index (κ2) is 9.80. The first kappa shape index (κ1) is 18.0.